The summed E-state index contributed by atoms with van der Waals surface area (Å²) in [6.45, 7) is 9.91. The zero-order chi connectivity index (χ0) is 31.6. The molecule has 0 bridgehead atoms. The van der Waals surface area contributed by atoms with Gasteiger partial charge in [-0.3, -0.25) is 4.79 Å². The van der Waals surface area contributed by atoms with Gasteiger partial charge in [-0.15, -0.1) is 0 Å². The third-order valence-electron chi connectivity index (χ3n) is 13.8. The number of rotatable bonds is 19. The number of carbonyl (C=O) groups excluding carboxylic acids is 1. The number of alkyl halides is 2. The van der Waals surface area contributed by atoms with Crippen LogP contribution in [0.3, 0.4) is 0 Å². The van der Waals surface area contributed by atoms with Crippen molar-refractivity contribution in [3.8, 4) is 0 Å². The molecule has 256 valence electrons. The Balaban J connectivity index is 1.23. The molecule has 2 nitrogen and oxygen atoms in total. The topological polar surface area (TPSA) is 26.3 Å². The van der Waals surface area contributed by atoms with Gasteiger partial charge in [0.25, 0.3) is 0 Å². The van der Waals surface area contributed by atoms with Gasteiger partial charge >= 0.3 is 5.97 Å². The minimum absolute atomic E-state index is 0.0196. The van der Waals surface area contributed by atoms with Crippen LogP contribution in [-0.2, 0) is 9.53 Å². The number of unbranched alkanes of at least 4 members (excludes halogenated alkanes) is 14. The predicted molar refractivity (Wildman–Crippen MR) is 196 cm³/mol. The van der Waals surface area contributed by atoms with Gasteiger partial charge in [0.15, 0.2) is 0 Å². The third kappa shape index (κ3) is 8.71. The first-order valence-electron chi connectivity index (χ1n) is 19.7. The molecule has 0 aromatic rings. The van der Waals surface area contributed by atoms with E-state index in [1.165, 1.54) is 141 Å². The molecule has 0 amide bonds. The van der Waals surface area contributed by atoms with Crippen LogP contribution in [-0.4, -0.2) is 21.2 Å². The van der Waals surface area contributed by atoms with Crippen LogP contribution in [0.5, 0.6) is 0 Å². The number of hydrogen-bond donors (Lipinski definition) is 0. The lowest BCUT2D eigenvalue weighted by Gasteiger charge is -2.65. The van der Waals surface area contributed by atoms with Crippen LogP contribution >= 0.6 is 31.9 Å². The zero-order valence-corrected chi connectivity index (χ0v) is 32.6. The lowest BCUT2D eigenvalue weighted by Crippen LogP contribution is -2.64. The first-order valence-corrected chi connectivity index (χ1v) is 21.4. The maximum Gasteiger partial charge on any atom is 0.306 e. The number of esters is 1. The Morgan fingerprint density at radius 3 is 1.95 bits per heavy atom. The number of carbonyl (C=O) groups is 1. The fourth-order valence-electron chi connectivity index (χ4n) is 11.0. The molecule has 2 unspecified atom stereocenters. The fraction of sp³-hybridized carbons (Fsp3) is 0.975. The summed E-state index contributed by atoms with van der Waals surface area (Å²) in [4.78, 5) is 13.3. The number of ether oxygens (including phenoxy) is 1. The molecule has 0 saturated heterocycles. The van der Waals surface area contributed by atoms with Crippen molar-refractivity contribution in [2.24, 2.45) is 34.5 Å². The zero-order valence-electron chi connectivity index (χ0n) is 29.4. The molecule has 44 heavy (non-hydrogen) atoms. The minimum atomic E-state index is 0.0196. The van der Waals surface area contributed by atoms with Gasteiger partial charge in [-0.2, -0.15) is 0 Å². The average molecular weight is 743 g/mol. The van der Waals surface area contributed by atoms with E-state index in [-0.39, 0.29) is 21.8 Å². The van der Waals surface area contributed by atoms with Crippen LogP contribution < -0.4 is 0 Å². The Labute approximate surface area is 290 Å². The highest BCUT2D eigenvalue weighted by molar-refractivity contribution is 9.12. The summed E-state index contributed by atoms with van der Waals surface area (Å²) >= 11 is 8.69. The van der Waals surface area contributed by atoms with E-state index >= 15 is 0 Å². The van der Waals surface area contributed by atoms with Crippen molar-refractivity contribution < 1.29 is 9.53 Å². The van der Waals surface area contributed by atoms with Crippen LogP contribution in [0.15, 0.2) is 0 Å². The van der Waals surface area contributed by atoms with Crippen LogP contribution in [0.25, 0.3) is 0 Å². The molecule has 0 aliphatic heterocycles. The first kappa shape index (κ1) is 37.3. The smallest absolute Gasteiger partial charge is 0.306 e. The van der Waals surface area contributed by atoms with Gasteiger partial charge in [-0.25, -0.2) is 0 Å². The summed E-state index contributed by atoms with van der Waals surface area (Å²) < 4.78 is 6.22. The van der Waals surface area contributed by atoms with Gasteiger partial charge in [-0.1, -0.05) is 156 Å². The van der Waals surface area contributed by atoms with Gasteiger partial charge in [-0.05, 0) is 92.3 Å². The second-order valence-electron chi connectivity index (χ2n) is 16.5. The van der Waals surface area contributed by atoms with Gasteiger partial charge in [0.05, 0.1) is 0 Å². The highest BCUT2D eigenvalue weighted by Gasteiger charge is 2.66. The Hall–Kier alpha value is 0.430. The molecule has 0 radical (unpaired) electrons. The van der Waals surface area contributed by atoms with Crippen molar-refractivity contribution in [2.75, 3.05) is 0 Å². The molecular formula is C40H70Br2O2. The molecule has 0 spiro atoms. The molecule has 4 fully saturated rings. The summed E-state index contributed by atoms with van der Waals surface area (Å²) in [7, 11) is 0. The summed E-state index contributed by atoms with van der Waals surface area (Å²) in [5.74, 6) is 3.54. The Morgan fingerprint density at radius 2 is 1.32 bits per heavy atom. The van der Waals surface area contributed by atoms with Gasteiger partial charge in [0.1, 0.15) is 6.10 Å². The molecule has 4 aliphatic carbocycles. The summed E-state index contributed by atoms with van der Waals surface area (Å²) in [5.41, 5.74) is 0.823. The molecule has 9 atom stereocenters. The molecule has 0 aromatic carbocycles. The Morgan fingerprint density at radius 1 is 0.727 bits per heavy atom. The van der Waals surface area contributed by atoms with Crippen molar-refractivity contribution >= 4 is 37.8 Å². The molecule has 4 heteroatoms. The van der Waals surface area contributed by atoms with E-state index in [1.807, 2.05) is 0 Å². The molecule has 4 aliphatic rings. The average Bonchev–Trinajstić information content (AvgIpc) is 3.33. The van der Waals surface area contributed by atoms with Gasteiger partial charge < -0.3 is 4.74 Å². The predicted octanol–water partition coefficient (Wildman–Crippen LogP) is 13.5. The monoisotopic (exact) mass is 740 g/mol. The van der Waals surface area contributed by atoms with Crippen LogP contribution in [0.2, 0.25) is 0 Å². The Kier molecular flexibility index (Phi) is 15.0. The lowest BCUT2D eigenvalue weighted by atomic mass is 9.44. The van der Waals surface area contributed by atoms with E-state index in [0.717, 1.165) is 42.9 Å². The van der Waals surface area contributed by atoms with Gasteiger partial charge in [0.2, 0.25) is 0 Å². The van der Waals surface area contributed by atoms with Crippen LogP contribution in [0.1, 0.15) is 195 Å². The summed E-state index contributed by atoms with van der Waals surface area (Å²) in [6.07, 6.45) is 33.9. The first-order chi connectivity index (χ1) is 21.2. The number of hydrogen-bond acceptors (Lipinski definition) is 2. The SMILES string of the molecule is CCCCCCCCCCCCC(=O)O[C@H]1CC[C@]2(C)[C@H]3CC[C@]4(C)[C@@H](CCCCCCCC)CC[C@H]4[C@@H]3CC(Br)C2(Br)C1. The maximum atomic E-state index is 12.9. The Bertz CT molecular complexity index is 862. The quantitative estimate of drug-likeness (QED) is 0.0748. The maximum absolute atomic E-state index is 12.9. The van der Waals surface area contributed by atoms with E-state index in [9.17, 15) is 4.79 Å². The standard InChI is InChI=1S/C40H70Br2O2/c1-5-7-9-11-13-14-15-16-18-20-22-37(43)44-32-25-28-39(4)35-26-27-38(3)31(21-19-17-12-10-8-6-2)23-24-34(38)33(35)29-36(41)40(39,42)30-32/h31-36H,5-30H2,1-4H3/t31-,32-,33-,34-,35-,36?,38+,39+,40?/m0/s1. The van der Waals surface area contributed by atoms with E-state index in [1.54, 1.807) is 0 Å². The van der Waals surface area contributed by atoms with Crippen molar-refractivity contribution in [2.45, 2.75) is 210 Å². The van der Waals surface area contributed by atoms with E-state index in [2.05, 4.69) is 59.6 Å². The fourth-order valence-corrected chi connectivity index (χ4v) is 13.2. The van der Waals surface area contributed by atoms with Crippen LogP contribution in [0.4, 0.5) is 0 Å². The molecule has 4 saturated carbocycles. The van der Waals surface area contributed by atoms with Gasteiger partial charge in [0, 0.05) is 22.0 Å². The molecule has 4 rings (SSSR count). The normalized spacial score (nSPS) is 38.1. The number of fused-ring (bicyclic) bond motifs is 5. The van der Waals surface area contributed by atoms with Crippen molar-refractivity contribution in [3.63, 3.8) is 0 Å². The van der Waals surface area contributed by atoms with Crippen LogP contribution in [0, 0.1) is 34.5 Å². The van der Waals surface area contributed by atoms with Crippen molar-refractivity contribution in [1.82, 2.24) is 0 Å². The second kappa shape index (κ2) is 17.7. The summed E-state index contributed by atoms with van der Waals surface area (Å²) in [5, 5.41) is 0. The minimum Gasteiger partial charge on any atom is -0.462 e. The second-order valence-corrected chi connectivity index (χ2v) is 19.0. The lowest BCUT2D eigenvalue weighted by molar-refractivity contribution is -0.157. The summed E-state index contributed by atoms with van der Waals surface area (Å²) in [6, 6.07) is 0. The van der Waals surface area contributed by atoms with Crippen molar-refractivity contribution in [1.29, 1.82) is 0 Å². The van der Waals surface area contributed by atoms with E-state index in [0.29, 0.717) is 16.7 Å². The number of halogens is 2. The third-order valence-corrected chi connectivity index (χ3v) is 17.4. The van der Waals surface area contributed by atoms with E-state index < -0.39 is 0 Å². The molecular weight excluding hydrogens is 672 g/mol. The molecule has 0 N–H and O–H groups in total. The molecule has 0 heterocycles. The highest BCUT2D eigenvalue weighted by Crippen LogP contribution is 2.71. The largest absolute Gasteiger partial charge is 0.462 e. The molecule has 0 aromatic heterocycles. The van der Waals surface area contributed by atoms with Crippen molar-refractivity contribution in [3.05, 3.63) is 0 Å². The highest BCUT2D eigenvalue weighted by atomic mass is 79.9. The van der Waals surface area contributed by atoms with E-state index in [4.69, 9.17) is 4.74 Å².